The molecule has 1 aliphatic heterocycles. The summed E-state index contributed by atoms with van der Waals surface area (Å²) >= 11 is 1.16. The number of nitrogens with two attached hydrogens (primary N) is 1. The molecule has 1 saturated heterocycles. The van der Waals surface area contributed by atoms with Gasteiger partial charge in [0.1, 0.15) is 11.6 Å². The van der Waals surface area contributed by atoms with Crippen molar-refractivity contribution in [3.63, 3.8) is 0 Å². The first-order valence-corrected chi connectivity index (χ1v) is 10.8. The molecule has 1 aliphatic rings. The topological polar surface area (TPSA) is 121 Å². The molecule has 3 rings (SSSR count). The number of carbonyl (C=O) groups is 2. The van der Waals surface area contributed by atoms with Crippen molar-refractivity contribution < 1.29 is 32.2 Å². The van der Waals surface area contributed by atoms with Crippen LogP contribution < -0.4 is 15.8 Å². The third-order valence-electron chi connectivity index (χ3n) is 4.50. The molecule has 0 aliphatic carbocycles. The third-order valence-corrected chi connectivity index (χ3v) is 5.47. The van der Waals surface area contributed by atoms with Crippen molar-refractivity contribution in [3.05, 3.63) is 30.1 Å². The number of aryl methyl sites for hydroxylation is 1. The molecule has 3 N–H and O–H groups in total. The second-order valence-electron chi connectivity index (χ2n) is 7.02. The average molecular weight is 473 g/mol. The lowest BCUT2D eigenvalue weighted by atomic mass is 10.2. The van der Waals surface area contributed by atoms with E-state index >= 15 is 0 Å². The smallest absolute Gasteiger partial charge is 0.406 e. The van der Waals surface area contributed by atoms with E-state index in [0.29, 0.717) is 36.2 Å². The minimum atomic E-state index is -4.78. The Morgan fingerprint density at radius 1 is 1.28 bits per heavy atom. The Kier molecular flexibility index (Phi) is 7.96. The largest absolute Gasteiger partial charge is 0.573 e. The lowest BCUT2D eigenvalue weighted by Crippen LogP contribution is -2.20. The van der Waals surface area contributed by atoms with Gasteiger partial charge in [-0.1, -0.05) is 11.8 Å². The van der Waals surface area contributed by atoms with E-state index in [2.05, 4.69) is 20.3 Å². The summed E-state index contributed by atoms with van der Waals surface area (Å²) in [5, 5.41) is 11.4. The lowest BCUT2D eigenvalue weighted by Gasteiger charge is -2.14. The summed E-state index contributed by atoms with van der Waals surface area (Å²) in [4.78, 5) is 23.4. The van der Waals surface area contributed by atoms with Crippen molar-refractivity contribution in [3.8, 4) is 5.75 Å². The number of alkyl halides is 3. The van der Waals surface area contributed by atoms with Gasteiger partial charge in [0.15, 0.2) is 5.16 Å². The Hall–Kier alpha value is -2.80. The summed E-state index contributed by atoms with van der Waals surface area (Å²) in [6.45, 7) is 1.19. The molecule has 1 aromatic heterocycles. The van der Waals surface area contributed by atoms with Gasteiger partial charge in [0.05, 0.1) is 18.4 Å². The number of anilines is 1. The van der Waals surface area contributed by atoms with Gasteiger partial charge in [0.2, 0.25) is 11.8 Å². The van der Waals surface area contributed by atoms with Crippen molar-refractivity contribution in [2.75, 3.05) is 17.7 Å². The minimum Gasteiger partial charge on any atom is -0.406 e. The van der Waals surface area contributed by atoms with Crippen molar-refractivity contribution in [1.82, 2.24) is 14.8 Å². The summed E-state index contributed by atoms with van der Waals surface area (Å²) in [6, 6.07) is 4.84. The zero-order valence-electron chi connectivity index (χ0n) is 16.9. The Labute approximate surface area is 185 Å². The number of ether oxygens (including phenoxy) is 2. The molecule has 1 aromatic carbocycles. The van der Waals surface area contributed by atoms with Gasteiger partial charge in [0, 0.05) is 25.1 Å². The van der Waals surface area contributed by atoms with Crippen LogP contribution in [0.2, 0.25) is 0 Å². The Morgan fingerprint density at radius 3 is 2.66 bits per heavy atom. The molecule has 0 spiro atoms. The van der Waals surface area contributed by atoms with Crippen molar-refractivity contribution in [2.24, 2.45) is 5.73 Å². The van der Waals surface area contributed by atoms with Gasteiger partial charge < -0.3 is 25.1 Å². The van der Waals surface area contributed by atoms with Crippen LogP contribution in [0.5, 0.6) is 5.75 Å². The molecule has 32 heavy (non-hydrogen) atoms. The number of nitrogens with one attached hydrogen (secondary N) is 1. The van der Waals surface area contributed by atoms with E-state index in [1.165, 1.54) is 12.1 Å². The first-order valence-electron chi connectivity index (χ1n) is 9.80. The van der Waals surface area contributed by atoms with Gasteiger partial charge >= 0.3 is 6.36 Å². The maximum absolute atomic E-state index is 12.3. The van der Waals surface area contributed by atoms with E-state index in [9.17, 15) is 22.8 Å². The maximum atomic E-state index is 12.3. The minimum absolute atomic E-state index is 0.000277. The molecular formula is C19H22F3N5O4S. The quantitative estimate of drug-likeness (QED) is 0.509. The Bertz CT molecular complexity index is 930. The molecule has 13 heteroatoms. The van der Waals surface area contributed by atoms with Crippen LogP contribution in [0.4, 0.5) is 18.9 Å². The zero-order valence-corrected chi connectivity index (χ0v) is 17.7. The first kappa shape index (κ1) is 23.9. The molecule has 1 atom stereocenters. The van der Waals surface area contributed by atoms with E-state index < -0.39 is 12.3 Å². The van der Waals surface area contributed by atoms with Gasteiger partial charge in [0.25, 0.3) is 0 Å². The van der Waals surface area contributed by atoms with E-state index in [-0.39, 0.29) is 29.9 Å². The molecule has 0 radical (unpaired) electrons. The van der Waals surface area contributed by atoms with Crippen LogP contribution in [-0.2, 0) is 27.3 Å². The van der Waals surface area contributed by atoms with Crippen molar-refractivity contribution in [2.45, 2.75) is 49.9 Å². The predicted molar refractivity (Wildman–Crippen MR) is 109 cm³/mol. The summed E-state index contributed by atoms with van der Waals surface area (Å²) in [5.74, 6) is -0.611. The van der Waals surface area contributed by atoms with E-state index in [1.807, 2.05) is 4.57 Å². The molecule has 2 amide bonds. The zero-order chi connectivity index (χ0) is 23.1. The van der Waals surface area contributed by atoms with Crippen molar-refractivity contribution in [1.29, 1.82) is 0 Å². The lowest BCUT2D eigenvalue weighted by molar-refractivity contribution is -0.274. The van der Waals surface area contributed by atoms with Crippen LogP contribution in [0, 0.1) is 0 Å². The van der Waals surface area contributed by atoms with E-state index in [0.717, 1.165) is 36.7 Å². The van der Waals surface area contributed by atoms with Crippen LogP contribution in [0.25, 0.3) is 0 Å². The summed E-state index contributed by atoms with van der Waals surface area (Å²) in [6.07, 6.45) is -2.47. The molecule has 9 nitrogen and oxygen atoms in total. The summed E-state index contributed by atoms with van der Waals surface area (Å²) in [5.41, 5.74) is 5.56. The van der Waals surface area contributed by atoms with Gasteiger partial charge in [-0.05, 0) is 37.1 Å². The number of carbonyl (C=O) groups excluding carboxylic acids is 2. The van der Waals surface area contributed by atoms with Crippen LogP contribution in [0.15, 0.2) is 29.4 Å². The Balaban J connectivity index is 1.58. The molecule has 0 bridgehead atoms. The number of benzene rings is 1. The predicted octanol–water partition coefficient (Wildman–Crippen LogP) is 2.50. The number of hydrogen-bond donors (Lipinski definition) is 2. The average Bonchev–Trinajstić information content (AvgIpc) is 3.36. The van der Waals surface area contributed by atoms with Crippen LogP contribution in [-0.4, -0.2) is 51.4 Å². The highest BCUT2D eigenvalue weighted by Gasteiger charge is 2.31. The fourth-order valence-electron chi connectivity index (χ4n) is 3.09. The molecule has 1 fully saturated rings. The number of thioether (sulfide) groups is 1. The molecule has 2 heterocycles. The van der Waals surface area contributed by atoms with E-state index in [4.69, 9.17) is 10.5 Å². The number of primary amides is 1. The molecule has 2 aromatic rings. The number of nitrogens with zero attached hydrogens (tertiary/aromatic N) is 3. The number of amides is 2. The number of aromatic nitrogens is 3. The van der Waals surface area contributed by atoms with Crippen LogP contribution >= 0.6 is 11.8 Å². The van der Waals surface area contributed by atoms with Crippen LogP contribution in [0.3, 0.4) is 0 Å². The Morgan fingerprint density at radius 2 is 2.03 bits per heavy atom. The normalized spacial score (nSPS) is 16.2. The summed E-state index contributed by atoms with van der Waals surface area (Å²) in [7, 11) is 0. The van der Waals surface area contributed by atoms with Gasteiger partial charge in [-0.15, -0.1) is 23.4 Å². The summed E-state index contributed by atoms with van der Waals surface area (Å²) < 4.78 is 48.0. The SMILES string of the molecule is NC(=O)CCc1nnc(SCC(=O)Nc2ccc(OC(F)(F)F)cc2)n1CC1CCCO1. The maximum Gasteiger partial charge on any atom is 0.573 e. The number of rotatable bonds is 10. The fourth-order valence-corrected chi connectivity index (χ4v) is 3.85. The van der Waals surface area contributed by atoms with Gasteiger partial charge in [-0.2, -0.15) is 0 Å². The van der Waals surface area contributed by atoms with Gasteiger partial charge in [-0.3, -0.25) is 9.59 Å². The fraction of sp³-hybridized carbons (Fsp3) is 0.474. The second kappa shape index (κ2) is 10.7. The van der Waals surface area contributed by atoms with Crippen LogP contribution in [0.1, 0.15) is 25.1 Å². The molecule has 0 saturated carbocycles. The van der Waals surface area contributed by atoms with Crippen molar-refractivity contribution >= 4 is 29.3 Å². The third kappa shape index (κ3) is 7.41. The monoisotopic (exact) mass is 473 g/mol. The van der Waals surface area contributed by atoms with E-state index in [1.54, 1.807) is 0 Å². The number of halogens is 3. The first-order chi connectivity index (χ1) is 15.2. The standard InChI is InChI=1S/C19H22F3N5O4S/c20-19(21,22)31-13-5-3-12(4-6-13)24-17(29)11-32-18-26-25-16(8-7-15(23)28)27(18)10-14-2-1-9-30-14/h3-6,14H,1-2,7-11H2,(H2,23,28)(H,24,29). The highest BCUT2D eigenvalue weighted by molar-refractivity contribution is 7.99. The second-order valence-corrected chi connectivity index (χ2v) is 7.96. The number of hydrogen-bond acceptors (Lipinski definition) is 7. The highest BCUT2D eigenvalue weighted by atomic mass is 32.2. The molecule has 1 unspecified atom stereocenters. The highest BCUT2D eigenvalue weighted by Crippen LogP contribution is 2.25. The molecular weight excluding hydrogens is 451 g/mol. The molecule has 174 valence electrons. The van der Waals surface area contributed by atoms with Gasteiger partial charge in [-0.25, -0.2) is 0 Å².